The Morgan fingerprint density at radius 1 is 1.56 bits per heavy atom. The van der Waals surface area contributed by atoms with E-state index in [0.29, 0.717) is 0 Å². The van der Waals surface area contributed by atoms with Gasteiger partial charge in [0.25, 0.3) is 0 Å². The molecule has 0 saturated carbocycles. The molecule has 0 aliphatic rings. The highest BCUT2D eigenvalue weighted by Crippen LogP contribution is 2.03. The zero-order valence-electron chi connectivity index (χ0n) is 6.10. The van der Waals surface area contributed by atoms with Gasteiger partial charge in [-0.2, -0.15) is 0 Å². The number of carbonyl (C=O) groups excluding carboxylic acids is 1. The molecule has 0 spiro atoms. The standard InChI is InChI=1S/C7H12OS/c1-4-9-7(8)5-6(2)3/h5H,4H2,1-3H3. The van der Waals surface area contributed by atoms with Gasteiger partial charge in [-0.05, 0) is 25.7 Å². The van der Waals surface area contributed by atoms with E-state index < -0.39 is 0 Å². The van der Waals surface area contributed by atoms with Gasteiger partial charge in [0.05, 0.1) is 0 Å². The van der Waals surface area contributed by atoms with E-state index in [1.807, 2.05) is 20.8 Å². The average Bonchev–Trinajstić information content (AvgIpc) is 1.63. The fraction of sp³-hybridized carbons (Fsp3) is 0.571. The van der Waals surface area contributed by atoms with Gasteiger partial charge in [0.15, 0.2) is 0 Å². The molecule has 0 amide bonds. The van der Waals surface area contributed by atoms with Crippen molar-refractivity contribution in [3.05, 3.63) is 11.6 Å². The molecule has 52 valence electrons. The van der Waals surface area contributed by atoms with Crippen LogP contribution >= 0.6 is 11.8 Å². The first-order valence-corrected chi connectivity index (χ1v) is 3.97. The number of hydrogen-bond acceptors (Lipinski definition) is 2. The lowest BCUT2D eigenvalue weighted by molar-refractivity contribution is -0.107. The van der Waals surface area contributed by atoms with Crippen LogP contribution < -0.4 is 0 Å². The van der Waals surface area contributed by atoms with Crippen LogP contribution in [0.3, 0.4) is 0 Å². The number of hydrogen-bond donors (Lipinski definition) is 0. The molecule has 0 aromatic carbocycles. The lowest BCUT2D eigenvalue weighted by Crippen LogP contribution is -1.85. The number of thioether (sulfide) groups is 1. The van der Waals surface area contributed by atoms with Gasteiger partial charge < -0.3 is 0 Å². The lowest BCUT2D eigenvalue weighted by atomic mass is 10.3. The predicted octanol–water partition coefficient (Wildman–Crippen LogP) is 2.23. The summed E-state index contributed by atoms with van der Waals surface area (Å²) in [6.45, 7) is 5.82. The molecule has 0 aliphatic heterocycles. The van der Waals surface area contributed by atoms with Crippen molar-refractivity contribution >= 4 is 16.9 Å². The number of allylic oxidation sites excluding steroid dienone is 1. The summed E-state index contributed by atoms with van der Waals surface area (Å²) in [5.74, 6) is 0.864. The quantitative estimate of drug-likeness (QED) is 0.553. The van der Waals surface area contributed by atoms with Gasteiger partial charge in [0.1, 0.15) is 0 Å². The van der Waals surface area contributed by atoms with Crippen LogP contribution in [0.25, 0.3) is 0 Å². The first-order valence-electron chi connectivity index (χ1n) is 2.98. The van der Waals surface area contributed by atoms with E-state index in [9.17, 15) is 4.79 Å². The maximum Gasteiger partial charge on any atom is 0.212 e. The third kappa shape index (κ3) is 5.63. The Bertz CT molecular complexity index is 123. The average molecular weight is 144 g/mol. The van der Waals surface area contributed by atoms with E-state index in [-0.39, 0.29) is 5.12 Å². The second-order valence-electron chi connectivity index (χ2n) is 1.97. The third-order valence-electron chi connectivity index (χ3n) is 0.693. The SMILES string of the molecule is CCSC(=O)C=C(C)C. The first kappa shape index (κ1) is 8.76. The molecule has 0 radical (unpaired) electrons. The van der Waals surface area contributed by atoms with Crippen LogP contribution in [-0.4, -0.2) is 10.9 Å². The van der Waals surface area contributed by atoms with Gasteiger partial charge >= 0.3 is 0 Å². The molecule has 1 nitrogen and oxygen atoms in total. The molecular formula is C7H12OS. The van der Waals surface area contributed by atoms with E-state index in [4.69, 9.17) is 0 Å². The Balaban J connectivity index is 3.63. The van der Waals surface area contributed by atoms with Crippen molar-refractivity contribution in [3.63, 3.8) is 0 Å². The monoisotopic (exact) mass is 144 g/mol. The summed E-state index contributed by atoms with van der Waals surface area (Å²) in [6, 6.07) is 0. The predicted molar refractivity (Wildman–Crippen MR) is 42.6 cm³/mol. The smallest absolute Gasteiger partial charge is 0.212 e. The molecule has 9 heavy (non-hydrogen) atoms. The van der Waals surface area contributed by atoms with Gasteiger partial charge in [-0.15, -0.1) is 0 Å². The van der Waals surface area contributed by atoms with Crippen LogP contribution in [0, 0.1) is 0 Å². The highest BCUT2D eigenvalue weighted by Gasteiger charge is 1.92. The van der Waals surface area contributed by atoms with Crippen molar-refractivity contribution in [2.45, 2.75) is 20.8 Å². The molecule has 0 aromatic rings. The minimum Gasteiger partial charge on any atom is -0.282 e. The molecule has 0 N–H and O–H groups in total. The molecule has 0 saturated heterocycles. The molecule has 0 unspecified atom stereocenters. The van der Waals surface area contributed by atoms with Gasteiger partial charge in [0, 0.05) is 0 Å². The third-order valence-corrected chi connectivity index (χ3v) is 1.38. The Kier molecular flexibility index (Phi) is 4.50. The summed E-state index contributed by atoms with van der Waals surface area (Å²) in [5, 5.41) is 0.164. The fourth-order valence-corrected chi connectivity index (χ4v) is 1.02. The largest absolute Gasteiger partial charge is 0.282 e. The summed E-state index contributed by atoms with van der Waals surface area (Å²) in [6.07, 6.45) is 1.66. The van der Waals surface area contributed by atoms with Crippen LogP contribution in [0.5, 0.6) is 0 Å². The van der Waals surface area contributed by atoms with E-state index in [2.05, 4.69) is 0 Å². The fourth-order valence-electron chi connectivity index (χ4n) is 0.420. The molecule has 0 heterocycles. The van der Waals surface area contributed by atoms with E-state index in [1.165, 1.54) is 11.8 Å². The molecule has 0 aromatic heterocycles. The van der Waals surface area contributed by atoms with Crippen LogP contribution in [0.2, 0.25) is 0 Å². The first-order chi connectivity index (χ1) is 4.16. The minimum atomic E-state index is 0.164. The number of rotatable bonds is 2. The lowest BCUT2D eigenvalue weighted by Gasteiger charge is -1.89. The molecule has 0 bridgehead atoms. The Morgan fingerprint density at radius 3 is 2.44 bits per heavy atom. The number of carbonyl (C=O) groups is 1. The maximum atomic E-state index is 10.7. The van der Waals surface area contributed by atoms with Crippen LogP contribution in [0.1, 0.15) is 20.8 Å². The molecule has 0 rings (SSSR count). The highest BCUT2D eigenvalue weighted by atomic mass is 32.2. The second-order valence-corrected chi connectivity index (χ2v) is 3.24. The van der Waals surface area contributed by atoms with Crippen molar-refractivity contribution in [1.82, 2.24) is 0 Å². The Hall–Kier alpha value is -0.240. The van der Waals surface area contributed by atoms with E-state index in [1.54, 1.807) is 6.08 Å². The van der Waals surface area contributed by atoms with Gasteiger partial charge in [0.2, 0.25) is 5.12 Å². The van der Waals surface area contributed by atoms with E-state index >= 15 is 0 Å². The highest BCUT2D eigenvalue weighted by molar-refractivity contribution is 8.14. The van der Waals surface area contributed by atoms with Crippen molar-refractivity contribution in [1.29, 1.82) is 0 Å². The Labute approximate surface area is 60.5 Å². The maximum absolute atomic E-state index is 10.7. The van der Waals surface area contributed by atoms with Crippen LogP contribution in [-0.2, 0) is 4.79 Å². The molecule has 2 heteroatoms. The Morgan fingerprint density at radius 2 is 2.11 bits per heavy atom. The summed E-state index contributed by atoms with van der Waals surface area (Å²) < 4.78 is 0. The summed E-state index contributed by atoms with van der Waals surface area (Å²) >= 11 is 1.34. The zero-order valence-corrected chi connectivity index (χ0v) is 6.92. The van der Waals surface area contributed by atoms with E-state index in [0.717, 1.165) is 11.3 Å². The topological polar surface area (TPSA) is 17.1 Å². The van der Waals surface area contributed by atoms with Crippen molar-refractivity contribution < 1.29 is 4.79 Å². The molecule has 0 atom stereocenters. The van der Waals surface area contributed by atoms with Crippen LogP contribution in [0.4, 0.5) is 0 Å². The van der Waals surface area contributed by atoms with Gasteiger partial charge in [-0.25, -0.2) is 0 Å². The summed E-state index contributed by atoms with van der Waals surface area (Å²) in [7, 11) is 0. The second kappa shape index (κ2) is 4.62. The molecule has 0 fully saturated rings. The van der Waals surface area contributed by atoms with Crippen LogP contribution in [0.15, 0.2) is 11.6 Å². The molecule has 0 aliphatic carbocycles. The van der Waals surface area contributed by atoms with Crippen molar-refractivity contribution in [2.24, 2.45) is 0 Å². The minimum absolute atomic E-state index is 0.164. The van der Waals surface area contributed by atoms with Crippen molar-refractivity contribution in [3.8, 4) is 0 Å². The summed E-state index contributed by atoms with van der Waals surface area (Å²) in [5.41, 5.74) is 1.07. The van der Waals surface area contributed by atoms with Gasteiger partial charge in [-0.3, -0.25) is 4.79 Å². The summed E-state index contributed by atoms with van der Waals surface area (Å²) in [4.78, 5) is 10.7. The zero-order chi connectivity index (χ0) is 7.28. The normalized spacial score (nSPS) is 8.78. The molecular weight excluding hydrogens is 132 g/mol. The van der Waals surface area contributed by atoms with Gasteiger partial charge in [-0.1, -0.05) is 24.3 Å². The van der Waals surface area contributed by atoms with Crippen molar-refractivity contribution in [2.75, 3.05) is 5.75 Å².